The molecule has 0 aromatic carbocycles. The van der Waals surface area contributed by atoms with Crippen LogP contribution < -0.4 is 0 Å². The topological polar surface area (TPSA) is 17.1 Å². The van der Waals surface area contributed by atoms with E-state index in [-0.39, 0.29) is 4.87 Å². The van der Waals surface area contributed by atoms with Gasteiger partial charge in [0.05, 0.1) is 0 Å². The van der Waals surface area contributed by atoms with Gasteiger partial charge in [-0.3, -0.25) is 4.79 Å². The average molecular weight is 187 g/mol. The second-order valence-electron chi connectivity index (χ2n) is 4.22. The maximum atomic E-state index is 11.2. The minimum atomic E-state index is 0.00611. The number of carbonyl (C=O) groups excluding carboxylic acids is 1. The molecule has 2 saturated carbocycles. The molecule has 0 aromatic rings. The van der Waals surface area contributed by atoms with Crippen LogP contribution in [0.3, 0.4) is 0 Å². The highest BCUT2D eigenvalue weighted by molar-refractivity contribution is 6.24. The van der Waals surface area contributed by atoms with Crippen LogP contribution in [-0.2, 0) is 4.79 Å². The summed E-state index contributed by atoms with van der Waals surface area (Å²) in [7, 11) is 0. The Bertz CT molecular complexity index is 202. The predicted molar refractivity (Wildman–Crippen MR) is 49.4 cm³/mol. The molecule has 2 fully saturated rings. The molecule has 0 saturated heterocycles. The standard InChI is InChI=1S/C10H15ClO/c11-10-5-2-1-3-8(10)7-9(12)4-6-10/h8H,1-7H2/t8-,10+/m0/s1. The summed E-state index contributed by atoms with van der Waals surface area (Å²) in [4.78, 5) is 11.2. The average Bonchev–Trinajstić information content (AvgIpc) is 2.06. The van der Waals surface area contributed by atoms with Gasteiger partial charge >= 0.3 is 0 Å². The molecular formula is C10H15ClO. The van der Waals surface area contributed by atoms with Crippen molar-refractivity contribution in [3.8, 4) is 0 Å². The van der Waals surface area contributed by atoms with Crippen molar-refractivity contribution in [2.75, 3.05) is 0 Å². The second-order valence-corrected chi connectivity index (χ2v) is 4.97. The van der Waals surface area contributed by atoms with E-state index in [1.165, 1.54) is 19.3 Å². The van der Waals surface area contributed by atoms with Crippen molar-refractivity contribution in [1.29, 1.82) is 0 Å². The van der Waals surface area contributed by atoms with Crippen molar-refractivity contribution >= 4 is 17.4 Å². The first kappa shape index (κ1) is 8.55. The fraction of sp³-hybridized carbons (Fsp3) is 0.900. The molecule has 1 nitrogen and oxygen atoms in total. The van der Waals surface area contributed by atoms with Crippen molar-refractivity contribution in [3.63, 3.8) is 0 Å². The van der Waals surface area contributed by atoms with Gasteiger partial charge in [-0.1, -0.05) is 12.8 Å². The molecule has 0 amide bonds. The van der Waals surface area contributed by atoms with Crippen LogP contribution in [0.1, 0.15) is 44.9 Å². The molecular weight excluding hydrogens is 172 g/mol. The number of alkyl halides is 1. The number of hydrogen-bond acceptors (Lipinski definition) is 1. The van der Waals surface area contributed by atoms with E-state index in [1.54, 1.807) is 0 Å². The summed E-state index contributed by atoms with van der Waals surface area (Å²) in [6.45, 7) is 0. The van der Waals surface area contributed by atoms with Crippen molar-refractivity contribution < 1.29 is 4.79 Å². The molecule has 0 unspecified atom stereocenters. The van der Waals surface area contributed by atoms with E-state index in [4.69, 9.17) is 11.6 Å². The summed E-state index contributed by atoms with van der Waals surface area (Å²) in [5.74, 6) is 0.923. The number of ketones is 1. The van der Waals surface area contributed by atoms with Crippen LogP contribution in [0, 0.1) is 5.92 Å². The van der Waals surface area contributed by atoms with Gasteiger partial charge < -0.3 is 0 Å². The third kappa shape index (κ3) is 1.39. The van der Waals surface area contributed by atoms with E-state index in [1.807, 2.05) is 0 Å². The fourth-order valence-electron chi connectivity index (χ4n) is 2.61. The Morgan fingerprint density at radius 2 is 2.17 bits per heavy atom. The minimum Gasteiger partial charge on any atom is -0.300 e. The van der Waals surface area contributed by atoms with Crippen molar-refractivity contribution in [1.82, 2.24) is 0 Å². The monoisotopic (exact) mass is 186 g/mol. The second kappa shape index (κ2) is 3.02. The summed E-state index contributed by atoms with van der Waals surface area (Å²) in [5, 5.41) is 0. The van der Waals surface area contributed by atoms with Crippen LogP contribution in [0.25, 0.3) is 0 Å². The highest BCUT2D eigenvalue weighted by Gasteiger charge is 2.42. The molecule has 2 atom stereocenters. The minimum absolute atomic E-state index is 0.00611. The Labute approximate surface area is 78.5 Å². The molecule has 2 aliphatic rings. The zero-order chi connectivity index (χ0) is 8.60. The predicted octanol–water partition coefficient (Wildman–Crippen LogP) is 2.91. The van der Waals surface area contributed by atoms with E-state index in [0.717, 1.165) is 25.7 Å². The van der Waals surface area contributed by atoms with Gasteiger partial charge in [0.1, 0.15) is 5.78 Å². The normalized spacial score (nSPS) is 42.4. The summed E-state index contributed by atoms with van der Waals surface area (Å²) in [6.07, 6.45) is 7.24. The van der Waals surface area contributed by atoms with E-state index in [9.17, 15) is 4.79 Å². The SMILES string of the molecule is O=C1CC[C@]2(Cl)CCCC[C@H]2C1. The Morgan fingerprint density at radius 3 is 3.00 bits per heavy atom. The van der Waals surface area contributed by atoms with Gasteiger partial charge in [0, 0.05) is 17.7 Å². The molecule has 0 heterocycles. The highest BCUT2D eigenvalue weighted by Crippen LogP contribution is 2.47. The molecule has 0 bridgehead atoms. The highest BCUT2D eigenvalue weighted by atomic mass is 35.5. The van der Waals surface area contributed by atoms with Gasteiger partial charge in [-0.25, -0.2) is 0 Å². The first-order valence-corrected chi connectivity index (χ1v) is 5.29. The molecule has 2 aliphatic carbocycles. The maximum Gasteiger partial charge on any atom is 0.133 e. The molecule has 0 aromatic heterocycles. The van der Waals surface area contributed by atoms with Crippen LogP contribution in [0.4, 0.5) is 0 Å². The number of fused-ring (bicyclic) bond motifs is 1. The number of carbonyl (C=O) groups is 1. The van der Waals surface area contributed by atoms with Gasteiger partial charge in [0.2, 0.25) is 0 Å². The number of hydrogen-bond donors (Lipinski definition) is 0. The van der Waals surface area contributed by atoms with Gasteiger partial charge in [-0.15, -0.1) is 11.6 Å². The van der Waals surface area contributed by atoms with E-state index < -0.39 is 0 Å². The van der Waals surface area contributed by atoms with Crippen molar-refractivity contribution in [2.24, 2.45) is 5.92 Å². The Hall–Kier alpha value is -0.0400. The van der Waals surface area contributed by atoms with Crippen LogP contribution >= 0.6 is 11.6 Å². The third-order valence-corrected chi connectivity index (χ3v) is 4.11. The quantitative estimate of drug-likeness (QED) is 0.532. The zero-order valence-corrected chi connectivity index (χ0v) is 8.07. The number of halogens is 1. The molecule has 0 N–H and O–H groups in total. The largest absolute Gasteiger partial charge is 0.300 e. The van der Waals surface area contributed by atoms with E-state index >= 15 is 0 Å². The smallest absolute Gasteiger partial charge is 0.133 e. The fourth-order valence-corrected chi connectivity index (χ4v) is 3.03. The molecule has 0 radical (unpaired) electrons. The van der Waals surface area contributed by atoms with Gasteiger partial charge in [-0.2, -0.15) is 0 Å². The molecule has 0 aliphatic heterocycles. The Balaban J connectivity index is 2.11. The maximum absolute atomic E-state index is 11.2. The van der Waals surface area contributed by atoms with Crippen LogP contribution in [-0.4, -0.2) is 10.7 Å². The van der Waals surface area contributed by atoms with Gasteiger partial charge in [-0.05, 0) is 25.2 Å². The van der Waals surface area contributed by atoms with Gasteiger partial charge in [0.15, 0.2) is 0 Å². The lowest BCUT2D eigenvalue weighted by atomic mass is 9.70. The molecule has 2 rings (SSSR count). The first-order chi connectivity index (χ1) is 5.71. The van der Waals surface area contributed by atoms with Crippen LogP contribution in [0.5, 0.6) is 0 Å². The molecule has 12 heavy (non-hydrogen) atoms. The molecule has 0 spiro atoms. The van der Waals surface area contributed by atoms with E-state index in [0.29, 0.717) is 11.7 Å². The Morgan fingerprint density at radius 1 is 1.33 bits per heavy atom. The summed E-state index contributed by atoms with van der Waals surface area (Å²) in [6, 6.07) is 0. The lowest BCUT2D eigenvalue weighted by Gasteiger charge is -2.42. The lowest BCUT2D eigenvalue weighted by Crippen LogP contribution is -2.40. The van der Waals surface area contributed by atoms with Crippen LogP contribution in [0.15, 0.2) is 0 Å². The molecule has 68 valence electrons. The zero-order valence-electron chi connectivity index (χ0n) is 7.31. The van der Waals surface area contributed by atoms with Crippen LogP contribution in [0.2, 0.25) is 0 Å². The van der Waals surface area contributed by atoms with Crippen molar-refractivity contribution in [3.05, 3.63) is 0 Å². The summed E-state index contributed by atoms with van der Waals surface area (Å²) in [5.41, 5.74) is 0. The lowest BCUT2D eigenvalue weighted by molar-refractivity contribution is -0.122. The first-order valence-electron chi connectivity index (χ1n) is 4.91. The number of Topliss-reactive ketones (excluding diaryl/α,β-unsaturated/α-hetero) is 1. The summed E-state index contributed by atoms with van der Waals surface area (Å²) < 4.78 is 0. The van der Waals surface area contributed by atoms with E-state index in [2.05, 4.69) is 0 Å². The Kier molecular flexibility index (Phi) is 2.16. The molecule has 2 heteroatoms. The number of rotatable bonds is 0. The summed E-state index contributed by atoms with van der Waals surface area (Å²) >= 11 is 6.49. The van der Waals surface area contributed by atoms with Crippen molar-refractivity contribution in [2.45, 2.75) is 49.8 Å². The van der Waals surface area contributed by atoms with Gasteiger partial charge in [0.25, 0.3) is 0 Å². The third-order valence-electron chi connectivity index (χ3n) is 3.42.